The van der Waals surface area contributed by atoms with Crippen molar-refractivity contribution >= 4 is 0 Å². The summed E-state index contributed by atoms with van der Waals surface area (Å²) >= 11 is 0. The van der Waals surface area contributed by atoms with Crippen LogP contribution in [0, 0.1) is 0 Å². The third kappa shape index (κ3) is 6.17. The van der Waals surface area contributed by atoms with Crippen molar-refractivity contribution in [2.75, 3.05) is 6.61 Å². The van der Waals surface area contributed by atoms with E-state index in [-0.39, 0.29) is 6.10 Å². The number of rotatable bonds is 7. The third-order valence-electron chi connectivity index (χ3n) is 1.59. The van der Waals surface area contributed by atoms with Gasteiger partial charge in [-0.2, -0.15) is 0 Å². The van der Waals surface area contributed by atoms with E-state index in [1.54, 1.807) is 0 Å². The summed E-state index contributed by atoms with van der Waals surface area (Å²) in [6.45, 7) is 8.66. The van der Waals surface area contributed by atoms with Crippen LogP contribution in [0.4, 0.5) is 0 Å². The molecule has 0 aliphatic rings. The fraction of sp³-hybridized carbons (Fsp3) is 0.636. The van der Waals surface area contributed by atoms with E-state index >= 15 is 0 Å². The Morgan fingerprint density at radius 3 is 2.67 bits per heavy atom. The second-order valence-corrected chi connectivity index (χ2v) is 2.73. The van der Waals surface area contributed by atoms with Crippen LogP contribution < -0.4 is 0 Å². The van der Waals surface area contributed by atoms with Gasteiger partial charge in [-0.3, -0.25) is 0 Å². The Kier molecular flexibility index (Phi) is 8.14. The standard InChI is InChI=1S/C11H20O/c1-4-7-8-10-11(9-5-2)12-6-3/h5,8,10-11H,2,4,6-7,9H2,1,3H3. The van der Waals surface area contributed by atoms with Crippen molar-refractivity contribution in [1.29, 1.82) is 0 Å². The molecule has 0 aromatic carbocycles. The van der Waals surface area contributed by atoms with Gasteiger partial charge in [-0.05, 0) is 19.8 Å². The molecule has 1 atom stereocenters. The van der Waals surface area contributed by atoms with Crippen molar-refractivity contribution in [2.24, 2.45) is 0 Å². The minimum atomic E-state index is 0.235. The lowest BCUT2D eigenvalue weighted by Gasteiger charge is -2.09. The van der Waals surface area contributed by atoms with Crippen LogP contribution in [0.5, 0.6) is 0 Å². The van der Waals surface area contributed by atoms with E-state index in [1.165, 1.54) is 6.42 Å². The maximum atomic E-state index is 5.47. The molecule has 0 fully saturated rings. The maximum absolute atomic E-state index is 5.47. The molecule has 0 amide bonds. The molecule has 12 heavy (non-hydrogen) atoms. The van der Waals surface area contributed by atoms with Gasteiger partial charge in [-0.1, -0.05) is 31.6 Å². The number of hydrogen-bond acceptors (Lipinski definition) is 1. The molecule has 1 heteroatoms. The van der Waals surface area contributed by atoms with Crippen molar-refractivity contribution in [3.05, 3.63) is 24.8 Å². The van der Waals surface area contributed by atoms with Gasteiger partial charge in [0.2, 0.25) is 0 Å². The van der Waals surface area contributed by atoms with Crippen molar-refractivity contribution in [3.63, 3.8) is 0 Å². The molecule has 0 saturated carbocycles. The first-order valence-electron chi connectivity index (χ1n) is 4.74. The number of hydrogen-bond donors (Lipinski definition) is 0. The molecule has 0 radical (unpaired) electrons. The maximum Gasteiger partial charge on any atom is 0.0789 e. The lowest BCUT2D eigenvalue weighted by Crippen LogP contribution is -2.07. The Morgan fingerprint density at radius 1 is 1.42 bits per heavy atom. The zero-order valence-electron chi connectivity index (χ0n) is 8.25. The summed E-state index contributed by atoms with van der Waals surface area (Å²) in [6, 6.07) is 0. The van der Waals surface area contributed by atoms with Gasteiger partial charge < -0.3 is 4.74 Å². The monoisotopic (exact) mass is 168 g/mol. The summed E-state index contributed by atoms with van der Waals surface area (Å²) in [5.74, 6) is 0. The molecule has 0 saturated heterocycles. The summed E-state index contributed by atoms with van der Waals surface area (Å²) in [4.78, 5) is 0. The summed E-state index contributed by atoms with van der Waals surface area (Å²) in [7, 11) is 0. The highest BCUT2D eigenvalue weighted by atomic mass is 16.5. The molecule has 0 bridgehead atoms. The summed E-state index contributed by atoms with van der Waals surface area (Å²) in [6.07, 6.45) is 9.70. The average Bonchev–Trinajstić information content (AvgIpc) is 2.06. The van der Waals surface area contributed by atoms with Crippen LogP contribution in [0.25, 0.3) is 0 Å². The van der Waals surface area contributed by atoms with Gasteiger partial charge in [0.15, 0.2) is 0 Å². The Morgan fingerprint density at radius 2 is 2.17 bits per heavy atom. The highest BCUT2D eigenvalue weighted by Crippen LogP contribution is 2.02. The van der Waals surface area contributed by atoms with Crippen LogP contribution in [-0.4, -0.2) is 12.7 Å². The number of unbranched alkanes of at least 4 members (excludes halogenated alkanes) is 1. The smallest absolute Gasteiger partial charge is 0.0789 e. The molecule has 0 aromatic rings. The number of allylic oxidation sites excluding steroid dienone is 1. The van der Waals surface area contributed by atoms with Crippen LogP contribution in [0.3, 0.4) is 0 Å². The van der Waals surface area contributed by atoms with Gasteiger partial charge in [0.1, 0.15) is 0 Å². The fourth-order valence-electron chi connectivity index (χ4n) is 0.995. The Bertz CT molecular complexity index is 127. The van der Waals surface area contributed by atoms with Gasteiger partial charge in [0.25, 0.3) is 0 Å². The first-order valence-corrected chi connectivity index (χ1v) is 4.74. The van der Waals surface area contributed by atoms with E-state index in [1.807, 2.05) is 13.0 Å². The molecule has 0 N–H and O–H groups in total. The molecule has 0 aliphatic heterocycles. The normalized spacial score (nSPS) is 13.5. The molecule has 70 valence electrons. The summed E-state index contributed by atoms with van der Waals surface area (Å²) in [5.41, 5.74) is 0. The van der Waals surface area contributed by atoms with Crippen LogP contribution in [-0.2, 0) is 4.74 Å². The summed E-state index contributed by atoms with van der Waals surface area (Å²) < 4.78 is 5.47. The highest BCUT2D eigenvalue weighted by molar-refractivity contribution is 4.92. The van der Waals surface area contributed by atoms with Crippen LogP contribution in [0.15, 0.2) is 24.8 Å². The van der Waals surface area contributed by atoms with Crippen LogP contribution >= 0.6 is 0 Å². The van der Waals surface area contributed by atoms with Crippen molar-refractivity contribution < 1.29 is 4.74 Å². The third-order valence-corrected chi connectivity index (χ3v) is 1.59. The predicted molar refractivity (Wildman–Crippen MR) is 54.3 cm³/mol. The van der Waals surface area contributed by atoms with Gasteiger partial charge in [0.05, 0.1) is 6.10 Å². The van der Waals surface area contributed by atoms with E-state index in [0.29, 0.717) is 0 Å². The van der Waals surface area contributed by atoms with E-state index in [0.717, 1.165) is 19.4 Å². The second-order valence-electron chi connectivity index (χ2n) is 2.73. The Balaban J connectivity index is 3.67. The zero-order valence-corrected chi connectivity index (χ0v) is 8.25. The van der Waals surface area contributed by atoms with Gasteiger partial charge in [-0.15, -0.1) is 6.58 Å². The first-order chi connectivity index (χ1) is 5.85. The second kappa shape index (κ2) is 8.54. The van der Waals surface area contributed by atoms with E-state index in [2.05, 4.69) is 25.7 Å². The topological polar surface area (TPSA) is 9.23 Å². The highest BCUT2D eigenvalue weighted by Gasteiger charge is 1.98. The largest absolute Gasteiger partial charge is 0.374 e. The average molecular weight is 168 g/mol. The fourth-order valence-corrected chi connectivity index (χ4v) is 0.995. The molecule has 1 nitrogen and oxygen atoms in total. The van der Waals surface area contributed by atoms with E-state index in [4.69, 9.17) is 4.74 Å². The van der Waals surface area contributed by atoms with Crippen LogP contribution in [0.2, 0.25) is 0 Å². The van der Waals surface area contributed by atoms with Gasteiger partial charge >= 0.3 is 0 Å². The lowest BCUT2D eigenvalue weighted by molar-refractivity contribution is 0.0984. The first kappa shape index (κ1) is 11.4. The molecular weight excluding hydrogens is 148 g/mol. The predicted octanol–water partition coefficient (Wildman–Crippen LogP) is 3.32. The Labute approximate surface area is 76.1 Å². The SMILES string of the molecule is C=CCC(C=CCCC)OCC. The van der Waals surface area contributed by atoms with E-state index in [9.17, 15) is 0 Å². The molecule has 0 heterocycles. The Hall–Kier alpha value is -0.560. The zero-order chi connectivity index (χ0) is 9.23. The van der Waals surface area contributed by atoms with Crippen molar-refractivity contribution in [2.45, 2.75) is 39.2 Å². The lowest BCUT2D eigenvalue weighted by atomic mass is 10.2. The number of ether oxygens (including phenoxy) is 1. The minimum absolute atomic E-state index is 0.235. The molecule has 0 spiro atoms. The molecule has 0 rings (SSSR count). The summed E-state index contributed by atoms with van der Waals surface area (Å²) in [5, 5.41) is 0. The van der Waals surface area contributed by atoms with Crippen LogP contribution in [0.1, 0.15) is 33.1 Å². The molecule has 1 unspecified atom stereocenters. The minimum Gasteiger partial charge on any atom is -0.374 e. The molecule has 0 aliphatic carbocycles. The molecular formula is C11H20O. The van der Waals surface area contributed by atoms with Gasteiger partial charge in [-0.25, -0.2) is 0 Å². The van der Waals surface area contributed by atoms with Gasteiger partial charge in [0, 0.05) is 6.61 Å². The molecule has 0 aromatic heterocycles. The quantitative estimate of drug-likeness (QED) is 0.530. The van der Waals surface area contributed by atoms with E-state index < -0.39 is 0 Å². The van der Waals surface area contributed by atoms with Crippen molar-refractivity contribution in [1.82, 2.24) is 0 Å². The van der Waals surface area contributed by atoms with Crippen molar-refractivity contribution in [3.8, 4) is 0 Å².